The summed E-state index contributed by atoms with van der Waals surface area (Å²) < 4.78 is 5.14. The highest BCUT2D eigenvalue weighted by molar-refractivity contribution is 6.31. The summed E-state index contributed by atoms with van der Waals surface area (Å²) in [5.74, 6) is 0. The molecule has 1 saturated heterocycles. The van der Waals surface area contributed by atoms with Gasteiger partial charge in [-0.05, 0) is 6.07 Å². The molecule has 1 amide bonds. The van der Waals surface area contributed by atoms with Gasteiger partial charge in [-0.3, -0.25) is 10.1 Å². The van der Waals surface area contributed by atoms with Gasteiger partial charge in [0.2, 0.25) is 0 Å². The predicted molar refractivity (Wildman–Crippen MR) is 72.7 cm³/mol. The Hall–Kier alpha value is -1.86. The second-order valence-electron chi connectivity index (χ2n) is 4.32. The molecule has 0 saturated carbocycles. The summed E-state index contributed by atoms with van der Waals surface area (Å²) in [4.78, 5) is 23.6. The number of nitrogens with zero attached hydrogens (tertiary/aromatic N) is 2. The van der Waals surface area contributed by atoms with Crippen LogP contribution in [-0.2, 0) is 11.3 Å². The summed E-state index contributed by atoms with van der Waals surface area (Å²) in [6, 6.07) is 4.05. The summed E-state index contributed by atoms with van der Waals surface area (Å²) in [6.07, 6.45) is -0.436. The van der Waals surface area contributed by atoms with Gasteiger partial charge in [-0.1, -0.05) is 11.6 Å². The second kappa shape index (κ2) is 6.53. The molecule has 0 spiro atoms. The molecule has 0 atom stereocenters. The first-order chi connectivity index (χ1) is 9.58. The molecule has 1 heterocycles. The molecule has 0 bridgehead atoms. The number of nitro groups is 1. The van der Waals surface area contributed by atoms with Gasteiger partial charge in [-0.15, -0.1) is 0 Å². The standard InChI is InChI=1S/C12H14ClN3O4/c13-11-2-1-10(16(18)19)7-9(11)8-20-12(17)15-5-3-14-4-6-15/h1-2,7,14H,3-6,8H2. The molecule has 1 aromatic rings. The molecule has 1 N–H and O–H groups in total. The lowest BCUT2D eigenvalue weighted by Crippen LogP contribution is -2.46. The third-order valence-corrected chi connectivity index (χ3v) is 3.34. The quantitative estimate of drug-likeness (QED) is 0.679. The largest absolute Gasteiger partial charge is 0.444 e. The zero-order valence-electron chi connectivity index (χ0n) is 10.7. The molecule has 0 unspecified atom stereocenters. The number of amides is 1. The molecule has 8 heteroatoms. The van der Waals surface area contributed by atoms with Crippen LogP contribution in [0.3, 0.4) is 0 Å². The van der Waals surface area contributed by atoms with Gasteiger partial charge in [0, 0.05) is 48.9 Å². The van der Waals surface area contributed by atoms with Gasteiger partial charge in [0.25, 0.3) is 5.69 Å². The van der Waals surface area contributed by atoms with E-state index in [1.54, 1.807) is 4.90 Å². The minimum atomic E-state index is -0.516. The molecular weight excluding hydrogens is 286 g/mol. The lowest BCUT2D eigenvalue weighted by Gasteiger charge is -2.26. The van der Waals surface area contributed by atoms with Gasteiger partial charge in [-0.2, -0.15) is 0 Å². The summed E-state index contributed by atoms with van der Waals surface area (Å²) in [5.41, 5.74) is 0.340. The van der Waals surface area contributed by atoms with Gasteiger partial charge in [-0.25, -0.2) is 4.79 Å². The molecule has 1 aliphatic heterocycles. The van der Waals surface area contributed by atoms with E-state index in [-0.39, 0.29) is 12.3 Å². The van der Waals surface area contributed by atoms with E-state index in [4.69, 9.17) is 16.3 Å². The van der Waals surface area contributed by atoms with Gasteiger partial charge in [0.15, 0.2) is 0 Å². The number of ether oxygens (including phenoxy) is 1. The summed E-state index contributed by atoms with van der Waals surface area (Å²) in [7, 11) is 0. The lowest BCUT2D eigenvalue weighted by molar-refractivity contribution is -0.384. The summed E-state index contributed by atoms with van der Waals surface area (Å²) in [5, 5.41) is 14.2. The number of benzene rings is 1. The Morgan fingerprint density at radius 2 is 2.15 bits per heavy atom. The van der Waals surface area contributed by atoms with Crippen molar-refractivity contribution >= 4 is 23.4 Å². The Morgan fingerprint density at radius 1 is 1.45 bits per heavy atom. The number of nitrogens with one attached hydrogen (secondary N) is 1. The number of hydrogen-bond acceptors (Lipinski definition) is 5. The molecule has 1 fully saturated rings. The highest BCUT2D eigenvalue weighted by Gasteiger charge is 2.18. The average molecular weight is 300 g/mol. The van der Waals surface area contributed by atoms with Gasteiger partial charge >= 0.3 is 6.09 Å². The summed E-state index contributed by atoms with van der Waals surface area (Å²) in [6.45, 7) is 2.55. The van der Waals surface area contributed by atoms with Crippen LogP contribution in [0.5, 0.6) is 0 Å². The normalized spacial score (nSPS) is 14.9. The van der Waals surface area contributed by atoms with Gasteiger partial charge < -0.3 is 15.0 Å². The molecular formula is C12H14ClN3O4. The van der Waals surface area contributed by atoms with Crippen LogP contribution in [0.2, 0.25) is 5.02 Å². The maximum absolute atomic E-state index is 11.8. The van der Waals surface area contributed by atoms with Crippen molar-refractivity contribution in [1.29, 1.82) is 0 Å². The van der Waals surface area contributed by atoms with E-state index in [0.717, 1.165) is 13.1 Å². The molecule has 1 aromatic carbocycles. The minimum absolute atomic E-state index is 0.0801. The van der Waals surface area contributed by atoms with Crippen LogP contribution in [0, 0.1) is 10.1 Å². The van der Waals surface area contributed by atoms with Crippen molar-refractivity contribution in [2.45, 2.75) is 6.61 Å². The maximum atomic E-state index is 11.8. The Bertz CT molecular complexity index is 517. The zero-order valence-corrected chi connectivity index (χ0v) is 11.4. The third-order valence-electron chi connectivity index (χ3n) is 2.97. The van der Waals surface area contributed by atoms with E-state index in [1.165, 1.54) is 18.2 Å². The van der Waals surface area contributed by atoms with Crippen molar-refractivity contribution in [3.8, 4) is 0 Å². The van der Waals surface area contributed by atoms with Crippen molar-refractivity contribution in [2.24, 2.45) is 0 Å². The highest BCUT2D eigenvalue weighted by atomic mass is 35.5. The number of carbonyl (C=O) groups excluding carboxylic acids is 1. The fourth-order valence-electron chi connectivity index (χ4n) is 1.86. The highest BCUT2D eigenvalue weighted by Crippen LogP contribution is 2.22. The molecule has 7 nitrogen and oxygen atoms in total. The Morgan fingerprint density at radius 3 is 2.80 bits per heavy atom. The Kier molecular flexibility index (Phi) is 4.75. The van der Waals surface area contributed by atoms with Crippen LogP contribution in [0.4, 0.5) is 10.5 Å². The Balaban J connectivity index is 1.97. The van der Waals surface area contributed by atoms with Crippen LogP contribution in [0.15, 0.2) is 18.2 Å². The first kappa shape index (κ1) is 14.5. The van der Waals surface area contributed by atoms with E-state index < -0.39 is 11.0 Å². The number of halogens is 1. The summed E-state index contributed by atoms with van der Waals surface area (Å²) >= 11 is 5.93. The minimum Gasteiger partial charge on any atom is -0.444 e. The SMILES string of the molecule is O=C(OCc1cc([N+](=O)[O-])ccc1Cl)N1CCNCC1. The monoisotopic (exact) mass is 299 g/mol. The van der Waals surface area contributed by atoms with Crippen LogP contribution in [0.1, 0.15) is 5.56 Å². The van der Waals surface area contributed by atoms with Crippen LogP contribution < -0.4 is 5.32 Å². The predicted octanol–water partition coefficient (Wildman–Crippen LogP) is 1.79. The van der Waals surface area contributed by atoms with E-state index in [0.29, 0.717) is 23.7 Å². The van der Waals surface area contributed by atoms with Crippen molar-refractivity contribution in [1.82, 2.24) is 10.2 Å². The van der Waals surface area contributed by atoms with Crippen LogP contribution in [0.25, 0.3) is 0 Å². The number of non-ortho nitro benzene ring substituents is 1. The lowest BCUT2D eigenvalue weighted by atomic mass is 10.2. The second-order valence-corrected chi connectivity index (χ2v) is 4.73. The fourth-order valence-corrected chi connectivity index (χ4v) is 2.04. The first-order valence-corrected chi connectivity index (χ1v) is 6.51. The van der Waals surface area contributed by atoms with E-state index in [1.807, 2.05) is 0 Å². The van der Waals surface area contributed by atoms with Crippen molar-refractivity contribution < 1.29 is 14.5 Å². The molecule has 0 aliphatic carbocycles. The third kappa shape index (κ3) is 3.58. The van der Waals surface area contributed by atoms with E-state index >= 15 is 0 Å². The fraction of sp³-hybridized carbons (Fsp3) is 0.417. The van der Waals surface area contributed by atoms with Crippen LogP contribution >= 0.6 is 11.6 Å². The molecule has 2 rings (SSSR count). The molecule has 1 aliphatic rings. The van der Waals surface area contributed by atoms with E-state index in [2.05, 4.69) is 5.32 Å². The average Bonchev–Trinajstić information content (AvgIpc) is 2.46. The first-order valence-electron chi connectivity index (χ1n) is 6.13. The van der Waals surface area contributed by atoms with Crippen molar-refractivity contribution in [3.63, 3.8) is 0 Å². The topological polar surface area (TPSA) is 84.7 Å². The molecule has 0 aromatic heterocycles. The van der Waals surface area contributed by atoms with Crippen LogP contribution in [-0.4, -0.2) is 42.1 Å². The van der Waals surface area contributed by atoms with Gasteiger partial charge in [0.05, 0.1) is 4.92 Å². The molecule has 0 radical (unpaired) electrons. The number of carbonyl (C=O) groups is 1. The van der Waals surface area contributed by atoms with E-state index in [9.17, 15) is 14.9 Å². The Labute approximate surface area is 120 Å². The van der Waals surface area contributed by atoms with Crippen molar-refractivity contribution in [2.75, 3.05) is 26.2 Å². The smallest absolute Gasteiger partial charge is 0.410 e. The zero-order chi connectivity index (χ0) is 14.5. The number of hydrogen-bond donors (Lipinski definition) is 1. The molecule has 20 heavy (non-hydrogen) atoms. The number of piperazine rings is 1. The number of rotatable bonds is 3. The maximum Gasteiger partial charge on any atom is 0.410 e. The van der Waals surface area contributed by atoms with Crippen molar-refractivity contribution in [3.05, 3.63) is 38.9 Å². The number of nitro benzene ring substituents is 1. The van der Waals surface area contributed by atoms with Gasteiger partial charge in [0.1, 0.15) is 6.61 Å². The molecule has 108 valence electrons.